The maximum absolute atomic E-state index is 12.5. The van der Waals surface area contributed by atoms with Gasteiger partial charge in [0.05, 0.1) is 25.4 Å². The number of amides is 1. The van der Waals surface area contributed by atoms with Gasteiger partial charge < -0.3 is 20.3 Å². The average Bonchev–Trinajstić information content (AvgIpc) is 3.34. The highest BCUT2D eigenvalue weighted by molar-refractivity contribution is 5.76. The molecule has 0 aromatic heterocycles. The largest absolute Gasteiger partial charge is 0.466 e. The van der Waals surface area contributed by atoms with Crippen molar-refractivity contribution >= 4 is 11.9 Å². The number of rotatable bonds is 56. The summed E-state index contributed by atoms with van der Waals surface area (Å²) in [6, 6.07) is -0.639. The molecule has 0 rings (SSSR count). The van der Waals surface area contributed by atoms with Crippen LogP contribution >= 0.6 is 0 Å². The van der Waals surface area contributed by atoms with Crippen LogP contribution in [-0.2, 0) is 14.3 Å². The van der Waals surface area contributed by atoms with Crippen LogP contribution in [0.3, 0.4) is 0 Å². The predicted molar refractivity (Wildman–Crippen MR) is 296 cm³/mol. The van der Waals surface area contributed by atoms with Gasteiger partial charge in [-0.1, -0.05) is 281 Å². The van der Waals surface area contributed by atoms with Gasteiger partial charge in [-0.3, -0.25) is 9.59 Å². The lowest BCUT2D eigenvalue weighted by Gasteiger charge is -2.20. The quantitative estimate of drug-likeness (QED) is 0.0321. The van der Waals surface area contributed by atoms with Crippen LogP contribution in [0.1, 0.15) is 322 Å². The van der Waals surface area contributed by atoms with E-state index in [1.165, 1.54) is 231 Å². The third kappa shape index (κ3) is 53.4. The molecular weight excluding hydrogens is 839 g/mol. The second-order valence-corrected chi connectivity index (χ2v) is 20.7. The van der Waals surface area contributed by atoms with Gasteiger partial charge in [-0.2, -0.15) is 0 Å². The Morgan fingerprint density at radius 2 is 0.735 bits per heavy atom. The summed E-state index contributed by atoms with van der Waals surface area (Å²) in [5.74, 6) is -0.0892. The van der Waals surface area contributed by atoms with Crippen LogP contribution in [0, 0.1) is 0 Å². The molecule has 0 fully saturated rings. The number of aliphatic hydroxyl groups is 2. The van der Waals surface area contributed by atoms with E-state index in [0.717, 1.165) is 64.2 Å². The first-order valence-electron chi connectivity index (χ1n) is 30.3. The highest BCUT2D eigenvalue weighted by atomic mass is 16.5. The van der Waals surface area contributed by atoms with Gasteiger partial charge in [0.2, 0.25) is 5.91 Å². The number of unbranched alkanes of at least 4 members (excludes halogenated alkanes) is 41. The van der Waals surface area contributed by atoms with Crippen LogP contribution in [0.2, 0.25) is 0 Å². The molecule has 2 unspecified atom stereocenters. The van der Waals surface area contributed by atoms with Crippen LogP contribution < -0.4 is 5.32 Å². The van der Waals surface area contributed by atoms with Crippen molar-refractivity contribution in [2.75, 3.05) is 13.2 Å². The predicted octanol–water partition coefficient (Wildman–Crippen LogP) is 18.8. The number of ether oxygens (including phenoxy) is 1. The molecule has 0 saturated heterocycles. The van der Waals surface area contributed by atoms with Crippen molar-refractivity contribution in [3.8, 4) is 0 Å². The van der Waals surface area contributed by atoms with Gasteiger partial charge in [-0.05, 0) is 64.2 Å². The highest BCUT2D eigenvalue weighted by Crippen LogP contribution is 2.17. The maximum atomic E-state index is 12.5. The number of nitrogens with one attached hydrogen (secondary N) is 1. The number of hydrogen-bond acceptors (Lipinski definition) is 5. The highest BCUT2D eigenvalue weighted by Gasteiger charge is 2.18. The number of aliphatic hydroxyl groups excluding tert-OH is 2. The van der Waals surface area contributed by atoms with Crippen molar-refractivity contribution in [2.45, 2.75) is 334 Å². The summed E-state index contributed by atoms with van der Waals surface area (Å²) in [5.41, 5.74) is 0. The Morgan fingerprint density at radius 1 is 0.412 bits per heavy atom. The lowest BCUT2D eigenvalue weighted by Crippen LogP contribution is -2.45. The van der Waals surface area contributed by atoms with Crippen molar-refractivity contribution < 1.29 is 24.5 Å². The molecule has 2 atom stereocenters. The van der Waals surface area contributed by atoms with E-state index < -0.39 is 12.1 Å². The summed E-state index contributed by atoms with van der Waals surface area (Å²) in [7, 11) is 0. The first kappa shape index (κ1) is 66.1. The smallest absolute Gasteiger partial charge is 0.305 e. The fourth-order valence-electron chi connectivity index (χ4n) is 9.25. The third-order valence-electron chi connectivity index (χ3n) is 13.9. The van der Waals surface area contributed by atoms with E-state index in [9.17, 15) is 19.8 Å². The molecule has 0 heterocycles. The van der Waals surface area contributed by atoms with Crippen LogP contribution in [0.25, 0.3) is 0 Å². The molecule has 400 valence electrons. The summed E-state index contributed by atoms with van der Waals surface area (Å²) >= 11 is 0. The Bertz CT molecular complexity index is 1100. The van der Waals surface area contributed by atoms with E-state index in [-0.39, 0.29) is 18.5 Å². The van der Waals surface area contributed by atoms with Gasteiger partial charge in [-0.15, -0.1) is 0 Å². The monoisotopic (exact) mass is 956 g/mol. The topological polar surface area (TPSA) is 95.9 Å². The fraction of sp³-hybridized carbons (Fsp3) is 0.871. The normalized spacial score (nSPS) is 12.8. The number of allylic oxidation sites excluding steroid dienone is 5. The average molecular weight is 957 g/mol. The van der Waals surface area contributed by atoms with Gasteiger partial charge in [0.1, 0.15) is 0 Å². The maximum Gasteiger partial charge on any atom is 0.305 e. The molecule has 0 aliphatic carbocycles. The van der Waals surface area contributed by atoms with Crippen LogP contribution in [0.15, 0.2) is 36.5 Å². The zero-order valence-corrected chi connectivity index (χ0v) is 45.6. The second kappa shape index (κ2) is 57.7. The molecule has 0 aromatic rings. The Labute approximate surface area is 424 Å². The molecule has 6 nitrogen and oxygen atoms in total. The number of esters is 1. The number of carbonyl (C=O) groups is 2. The Kier molecular flexibility index (Phi) is 56.0. The first-order chi connectivity index (χ1) is 33.5. The van der Waals surface area contributed by atoms with Gasteiger partial charge in [0.25, 0.3) is 0 Å². The van der Waals surface area contributed by atoms with Crippen LogP contribution in [0.4, 0.5) is 0 Å². The van der Waals surface area contributed by atoms with E-state index >= 15 is 0 Å². The van der Waals surface area contributed by atoms with Crippen molar-refractivity contribution in [1.29, 1.82) is 0 Å². The second-order valence-electron chi connectivity index (χ2n) is 20.7. The molecule has 0 aliphatic heterocycles. The zero-order chi connectivity index (χ0) is 49.3. The molecule has 0 aromatic carbocycles. The van der Waals surface area contributed by atoms with Crippen molar-refractivity contribution in [3.63, 3.8) is 0 Å². The molecule has 68 heavy (non-hydrogen) atoms. The summed E-state index contributed by atoms with van der Waals surface area (Å²) in [4.78, 5) is 24.6. The van der Waals surface area contributed by atoms with Gasteiger partial charge in [0.15, 0.2) is 0 Å². The van der Waals surface area contributed by atoms with Gasteiger partial charge in [-0.25, -0.2) is 0 Å². The summed E-state index contributed by atoms with van der Waals surface area (Å²) in [6.07, 6.45) is 71.6. The van der Waals surface area contributed by atoms with Gasteiger partial charge in [0, 0.05) is 12.8 Å². The molecule has 0 spiro atoms. The summed E-state index contributed by atoms with van der Waals surface area (Å²) in [6.45, 7) is 4.87. The Hall–Kier alpha value is -1.92. The lowest BCUT2D eigenvalue weighted by atomic mass is 10.0. The van der Waals surface area contributed by atoms with Crippen LogP contribution in [0.5, 0.6) is 0 Å². The summed E-state index contributed by atoms with van der Waals surface area (Å²) < 4.78 is 5.48. The molecular formula is C62H117NO5. The molecule has 0 aliphatic rings. The molecule has 6 heteroatoms. The van der Waals surface area contributed by atoms with Crippen molar-refractivity contribution in [1.82, 2.24) is 5.32 Å². The molecule has 0 saturated carbocycles. The van der Waals surface area contributed by atoms with E-state index in [4.69, 9.17) is 4.74 Å². The van der Waals surface area contributed by atoms with E-state index in [1.54, 1.807) is 6.08 Å². The third-order valence-corrected chi connectivity index (χ3v) is 13.9. The van der Waals surface area contributed by atoms with E-state index in [0.29, 0.717) is 19.4 Å². The minimum Gasteiger partial charge on any atom is -0.466 e. The molecule has 0 bridgehead atoms. The zero-order valence-electron chi connectivity index (χ0n) is 45.6. The molecule has 3 N–H and O–H groups in total. The Morgan fingerprint density at radius 3 is 1.15 bits per heavy atom. The number of carbonyl (C=O) groups excluding carboxylic acids is 2. The lowest BCUT2D eigenvalue weighted by molar-refractivity contribution is -0.143. The molecule has 1 amide bonds. The minimum atomic E-state index is -0.854. The minimum absolute atomic E-state index is 0.0103. The number of hydrogen-bond donors (Lipinski definition) is 3. The van der Waals surface area contributed by atoms with Crippen LogP contribution in [-0.4, -0.2) is 47.4 Å². The summed E-state index contributed by atoms with van der Waals surface area (Å²) in [5, 5.41) is 23.2. The SMILES string of the molecule is CCCCC/C=C\C/C=C\CCCCCCCCCCCC(=O)OCCCCCCCCCCCCCCCC(=O)NC(CO)C(O)/C=C/CCCCCCCCCCCCCCCCCCC. The van der Waals surface area contributed by atoms with E-state index in [1.807, 2.05) is 6.08 Å². The fourth-order valence-corrected chi connectivity index (χ4v) is 9.25. The first-order valence-corrected chi connectivity index (χ1v) is 30.3. The van der Waals surface area contributed by atoms with Crippen molar-refractivity contribution in [3.05, 3.63) is 36.5 Å². The van der Waals surface area contributed by atoms with E-state index in [2.05, 4.69) is 43.5 Å². The van der Waals surface area contributed by atoms with Crippen molar-refractivity contribution in [2.24, 2.45) is 0 Å². The Balaban J connectivity index is 3.47. The molecule has 0 radical (unpaired) electrons. The van der Waals surface area contributed by atoms with Gasteiger partial charge >= 0.3 is 5.97 Å². The standard InChI is InChI=1S/C62H117NO5/c1-3-5-7-9-11-13-15-17-19-21-23-25-27-30-34-38-42-46-50-54-60(65)59(58-64)63-61(66)55-51-47-43-39-35-31-29-33-37-41-45-49-53-57-68-62(67)56-52-48-44-40-36-32-28-26-24-22-20-18-16-14-12-10-8-6-4-2/h12,14,18,20,50,54,59-60,64-65H,3-11,13,15-17,19,21-49,51-53,55-58H2,1-2H3,(H,63,66)/b14-12-,20-18-,54-50+.